The van der Waals surface area contributed by atoms with Crippen molar-refractivity contribution in [3.8, 4) is 11.3 Å². The molecule has 1 aromatic carbocycles. The summed E-state index contributed by atoms with van der Waals surface area (Å²) in [5.41, 5.74) is 0.728. The van der Waals surface area contributed by atoms with Gasteiger partial charge < -0.3 is 9.26 Å². The zero-order valence-corrected chi connectivity index (χ0v) is 13.6. The molecule has 6 nitrogen and oxygen atoms in total. The Balaban J connectivity index is 1.71. The second kappa shape index (κ2) is 6.64. The number of methoxy groups -OCH3 is 1. The van der Waals surface area contributed by atoms with Crippen molar-refractivity contribution in [1.29, 1.82) is 0 Å². The van der Waals surface area contributed by atoms with Crippen LogP contribution in [-0.2, 0) is 26.9 Å². The van der Waals surface area contributed by atoms with E-state index in [2.05, 4.69) is 10.5 Å². The van der Waals surface area contributed by atoms with Gasteiger partial charge in [-0.1, -0.05) is 35.5 Å². The average Bonchev–Trinajstić information content (AvgIpc) is 3.20. The van der Waals surface area contributed by atoms with Gasteiger partial charge in [0, 0.05) is 34.7 Å². The number of hydrogen-bond acceptors (Lipinski definition) is 6. The summed E-state index contributed by atoms with van der Waals surface area (Å²) in [7, 11) is 0.340. The molecule has 1 fully saturated rings. The van der Waals surface area contributed by atoms with E-state index in [0.29, 0.717) is 30.2 Å². The zero-order valence-electron chi connectivity index (χ0n) is 12.8. The number of esters is 1. The SMILES string of the molecule is COC(=O)C1(NCc2cc(-c3ccccc3)on2)CCS(=O)C1. The number of nitrogens with zero attached hydrogens (tertiary/aromatic N) is 1. The van der Waals surface area contributed by atoms with Crippen molar-refractivity contribution in [2.24, 2.45) is 0 Å². The van der Waals surface area contributed by atoms with Gasteiger partial charge in [0.2, 0.25) is 0 Å². The molecule has 0 amide bonds. The zero-order chi connectivity index (χ0) is 16.3. The van der Waals surface area contributed by atoms with Gasteiger partial charge in [0.05, 0.1) is 18.6 Å². The van der Waals surface area contributed by atoms with Crippen LogP contribution < -0.4 is 5.32 Å². The lowest BCUT2D eigenvalue weighted by atomic mass is 9.99. The van der Waals surface area contributed by atoms with Crippen molar-refractivity contribution in [2.45, 2.75) is 18.5 Å². The maximum absolute atomic E-state index is 12.1. The predicted octanol–water partition coefficient (Wildman–Crippen LogP) is 1.50. The largest absolute Gasteiger partial charge is 0.468 e. The molecule has 23 heavy (non-hydrogen) atoms. The number of benzene rings is 1. The van der Waals surface area contributed by atoms with Crippen LogP contribution in [0.25, 0.3) is 11.3 Å². The Labute approximate surface area is 136 Å². The molecular formula is C16H18N2O4S. The quantitative estimate of drug-likeness (QED) is 0.835. The highest BCUT2D eigenvalue weighted by atomic mass is 32.2. The Bertz CT molecular complexity index is 716. The Kier molecular flexibility index (Phi) is 4.58. The molecule has 0 saturated carbocycles. The summed E-state index contributed by atoms with van der Waals surface area (Å²) < 4.78 is 21.9. The summed E-state index contributed by atoms with van der Waals surface area (Å²) in [5.74, 6) is 1.05. The Morgan fingerprint density at radius 2 is 2.22 bits per heavy atom. The summed E-state index contributed by atoms with van der Waals surface area (Å²) in [5, 5.41) is 7.19. The van der Waals surface area contributed by atoms with Crippen molar-refractivity contribution in [1.82, 2.24) is 10.5 Å². The summed E-state index contributed by atoms with van der Waals surface area (Å²) in [6, 6.07) is 11.5. The Morgan fingerprint density at radius 3 is 2.87 bits per heavy atom. The summed E-state index contributed by atoms with van der Waals surface area (Å²) in [4.78, 5) is 12.1. The number of nitrogens with one attached hydrogen (secondary N) is 1. The van der Waals surface area contributed by atoms with Crippen molar-refractivity contribution in [2.75, 3.05) is 18.6 Å². The highest BCUT2D eigenvalue weighted by Crippen LogP contribution is 2.24. The van der Waals surface area contributed by atoms with E-state index >= 15 is 0 Å². The van der Waals surface area contributed by atoms with E-state index in [1.165, 1.54) is 7.11 Å². The molecule has 1 saturated heterocycles. The van der Waals surface area contributed by atoms with E-state index in [4.69, 9.17) is 9.26 Å². The van der Waals surface area contributed by atoms with E-state index in [-0.39, 0.29) is 11.7 Å². The second-order valence-electron chi connectivity index (χ2n) is 5.51. The van der Waals surface area contributed by atoms with Gasteiger partial charge in [-0.05, 0) is 6.42 Å². The fourth-order valence-corrected chi connectivity index (χ4v) is 4.30. The molecule has 1 N–H and O–H groups in total. The van der Waals surface area contributed by atoms with Crippen LogP contribution in [0.15, 0.2) is 40.9 Å². The fourth-order valence-electron chi connectivity index (χ4n) is 2.67. The standard InChI is InChI=1S/C16H18N2O4S/c1-21-15(19)16(7-8-23(20)11-16)17-10-13-9-14(22-18-13)12-5-3-2-4-6-12/h2-6,9,17H,7-8,10-11H2,1H3. The van der Waals surface area contributed by atoms with Gasteiger partial charge in [-0.2, -0.15) is 0 Å². The third-order valence-electron chi connectivity index (χ3n) is 3.97. The van der Waals surface area contributed by atoms with Crippen LogP contribution in [0, 0.1) is 0 Å². The molecule has 0 radical (unpaired) electrons. The van der Waals surface area contributed by atoms with Crippen molar-refractivity contribution >= 4 is 16.8 Å². The van der Waals surface area contributed by atoms with Crippen LogP contribution in [0.4, 0.5) is 0 Å². The number of ether oxygens (including phenoxy) is 1. The highest BCUT2D eigenvalue weighted by molar-refractivity contribution is 7.85. The molecule has 3 rings (SSSR count). The lowest BCUT2D eigenvalue weighted by Crippen LogP contribution is -2.53. The first-order valence-corrected chi connectivity index (χ1v) is 8.81. The normalized spacial score (nSPS) is 23.8. The molecule has 1 aromatic heterocycles. The minimum Gasteiger partial charge on any atom is -0.468 e. The van der Waals surface area contributed by atoms with Crippen LogP contribution in [-0.4, -0.2) is 39.5 Å². The minimum atomic E-state index is -1.00. The summed E-state index contributed by atoms with van der Waals surface area (Å²) in [6.45, 7) is 0.350. The molecule has 0 aliphatic carbocycles. The molecule has 7 heteroatoms. The number of carbonyl (C=O) groups is 1. The lowest BCUT2D eigenvalue weighted by molar-refractivity contribution is -0.147. The molecule has 1 aliphatic heterocycles. The van der Waals surface area contributed by atoms with Gasteiger partial charge in [0.25, 0.3) is 0 Å². The van der Waals surface area contributed by atoms with Gasteiger partial charge in [0.1, 0.15) is 5.54 Å². The van der Waals surface area contributed by atoms with Gasteiger partial charge >= 0.3 is 5.97 Å². The van der Waals surface area contributed by atoms with Crippen molar-refractivity contribution in [3.05, 3.63) is 42.1 Å². The van der Waals surface area contributed by atoms with Crippen LogP contribution in [0.3, 0.4) is 0 Å². The third-order valence-corrected chi connectivity index (χ3v) is 5.44. The van der Waals surface area contributed by atoms with Gasteiger partial charge in [-0.3, -0.25) is 14.3 Å². The number of hydrogen-bond donors (Lipinski definition) is 1. The molecule has 1 aliphatic rings. The third kappa shape index (κ3) is 3.35. The number of carbonyl (C=O) groups excluding carboxylic acids is 1. The molecule has 0 spiro atoms. The maximum Gasteiger partial charge on any atom is 0.327 e. The first-order valence-electron chi connectivity index (χ1n) is 7.32. The topological polar surface area (TPSA) is 81.4 Å². The van der Waals surface area contributed by atoms with E-state index in [0.717, 1.165) is 5.56 Å². The van der Waals surface area contributed by atoms with Crippen molar-refractivity contribution < 1.29 is 18.3 Å². The molecule has 0 bridgehead atoms. The Hall–Kier alpha value is -1.99. The second-order valence-corrected chi connectivity index (χ2v) is 7.09. The van der Waals surface area contributed by atoms with Crippen LogP contribution in [0.2, 0.25) is 0 Å². The number of rotatable bonds is 5. The predicted molar refractivity (Wildman–Crippen MR) is 86.0 cm³/mol. The molecule has 2 unspecified atom stereocenters. The molecule has 2 heterocycles. The summed E-state index contributed by atoms with van der Waals surface area (Å²) >= 11 is 0. The van der Waals surface area contributed by atoms with Crippen LogP contribution >= 0.6 is 0 Å². The van der Waals surface area contributed by atoms with E-state index in [1.54, 1.807) is 0 Å². The van der Waals surface area contributed by atoms with Gasteiger partial charge in [0.15, 0.2) is 5.76 Å². The highest BCUT2D eigenvalue weighted by Gasteiger charge is 2.45. The minimum absolute atomic E-state index is 0.267. The lowest BCUT2D eigenvalue weighted by Gasteiger charge is -2.25. The first-order chi connectivity index (χ1) is 11.1. The van der Waals surface area contributed by atoms with E-state index in [9.17, 15) is 9.00 Å². The first kappa shape index (κ1) is 15.9. The molecular weight excluding hydrogens is 316 g/mol. The van der Waals surface area contributed by atoms with E-state index < -0.39 is 16.3 Å². The average molecular weight is 334 g/mol. The van der Waals surface area contributed by atoms with Gasteiger partial charge in [-0.25, -0.2) is 0 Å². The Morgan fingerprint density at radius 1 is 1.43 bits per heavy atom. The molecule has 122 valence electrons. The van der Waals surface area contributed by atoms with E-state index in [1.807, 2.05) is 36.4 Å². The number of aromatic nitrogens is 1. The molecule has 2 aromatic rings. The molecule has 2 atom stereocenters. The smallest absolute Gasteiger partial charge is 0.327 e. The summed E-state index contributed by atoms with van der Waals surface area (Å²) in [6.07, 6.45) is 0.496. The van der Waals surface area contributed by atoms with Crippen LogP contribution in [0.5, 0.6) is 0 Å². The fraction of sp³-hybridized carbons (Fsp3) is 0.375. The van der Waals surface area contributed by atoms with Crippen molar-refractivity contribution in [3.63, 3.8) is 0 Å². The monoisotopic (exact) mass is 334 g/mol. The van der Waals surface area contributed by atoms with Crippen LogP contribution in [0.1, 0.15) is 12.1 Å². The maximum atomic E-state index is 12.1. The van der Waals surface area contributed by atoms with Gasteiger partial charge in [-0.15, -0.1) is 0 Å².